The fraction of sp³-hybridized carbons (Fsp3) is 1.00. The molecule has 23 heavy (non-hydrogen) atoms. The molecule has 2 rings (SSSR count). The summed E-state index contributed by atoms with van der Waals surface area (Å²) < 4.78 is 22.3. The molecule has 5 N–H and O–H groups in total. The Morgan fingerprint density at radius 1 is 1.04 bits per heavy atom. The Labute approximate surface area is 136 Å². The van der Waals surface area contributed by atoms with Crippen LogP contribution in [-0.4, -0.2) is 83.1 Å². The van der Waals surface area contributed by atoms with Gasteiger partial charge in [-0.3, -0.25) is 0 Å². The highest BCUT2D eigenvalue weighted by molar-refractivity contribution is 5.01. The summed E-state index contributed by atoms with van der Waals surface area (Å²) in [5, 5.41) is 30.9. The first-order valence-corrected chi connectivity index (χ1v) is 7.94. The van der Waals surface area contributed by atoms with Crippen molar-refractivity contribution in [2.45, 2.75) is 88.4 Å². The molecule has 0 aromatic rings. The second kappa shape index (κ2) is 6.89. The molecule has 0 spiro atoms. The number of aliphatic hydroxyl groups is 3. The van der Waals surface area contributed by atoms with Crippen molar-refractivity contribution in [1.82, 2.24) is 0 Å². The second-order valence-electron chi connectivity index (χ2n) is 6.75. The molecule has 8 heteroatoms. The van der Waals surface area contributed by atoms with Gasteiger partial charge in [-0.15, -0.1) is 0 Å². The zero-order valence-corrected chi connectivity index (χ0v) is 14.2. The molecule has 0 radical (unpaired) electrons. The summed E-state index contributed by atoms with van der Waals surface area (Å²) >= 11 is 0. The minimum atomic E-state index is -1.53. The van der Waals surface area contributed by atoms with Crippen molar-refractivity contribution in [3.05, 3.63) is 0 Å². The number of rotatable bonds is 3. The summed E-state index contributed by atoms with van der Waals surface area (Å²) in [4.78, 5) is 0. The Bertz CT molecular complexity index is 407. The Balaban J connectivity index is 2.16. The molecule has 2 aliphatic rings. The predicted octanol–water partition coefficient (Wildman–Crippen LogP) is -1.26. The molecule has 136 valence electrons. The van der Waals surface area contributed by atoms with E-state index in [9.17, 15) is 15.3 Å². The first kappa shape index (κ1) is 19.0. The lowest BCUT2D eigenvalue weighted by molar-refractivity contribution is -0.331. The van der Waals surface area contributed by atoms with E-state index < -0.39 is 60.7 Å². The average molecular weight is 335 g/mol. The van der Waals surface area contributed by atoms with E-state index in [1.54, 1.807) is 20.8 Å². The summed E-state index contributed by atoms with van der Waals surface area (Å²) in [6.45, 7) is 6.63. The highest BCUT2D eigenvalue weighted by Gasteiger charge is 2.53. The normalized spacial score (nSPS) is 54.9. The van der Waals surface area contributed by atoms with Crippen LogP contribution in [0.1, 0.15) is 27.7 Å². The van der Waals surface area contributed by atoms with Crippen LogP contribution in [0.5, 0.6) is 0 Å². The minimum absolute atomic E-state index is 0.470. The molecule has 2 aliphatic heterocycles. The van der Waals surface area contributed by atoms with E-state index >= 15 is 0 Å². The second-order valence-corrected chi connectivity index (χ2v) is 6.75. The molecule has 8 nitrogen and oxygen atoms in total. The van der Waals surface area contributed by atoms with Gasteiger partial charge < -0.3 is 40.0 Å². The van der Waals surface area contributed by atoms with Crippen molar-refractivity contribution in [3.8, 4) is 0 Å². The van der Waals surface area contributed by atoms with Crippen molar-refractivity contribution < 1.29 is 34.3 Å². The van der Waals surface area contributed by atoms with Crippen LogP contribution in [0.25, 0.3) is 0 Å². The Hall–Kier alpha value is -0.320. The lowest BCUT2D eigenvalue weighted by Gasteiger charge is -2.50. The molecule has 2 saturated heterocycles. The summed E-state index contributed by atoms with van der Waals surface area (Å²) in [6, 6.07) is -0.745. The summed E-state index contributed by atoms with van der Waals surface area (Å²) in [7, 11) is 1.46. The Morgan fingerprint density at radius 2 is 1.65 bits per heavy atom. The van der Waals surface area contributed by atoms with Crippen LogP contribution < -0.4 is 5.73 Å². The zero-order chi connectivity index (χ0) is 17.5. The molecule has 2 heterocycles. The third kappa shape index (κ3) is 3.40. The van der Waals surface area contributed by atoms with E-state index in [0.29, 0.717) is 0 Å². The lowest BCUT2D eigenvalue weighted by atomic mass is 9.83. The maximum Gasteiger partial charge on any atom is 0.176 e. The molecule has 0 saturated carbocycles. The third-order valence-electron chi connectivity index (χ3n) is 4.89. The highest BCUT2D eigenvalue weighted by atomic mass is 16.7. The van der Waals surface area contributed by atoms with E-state index in [1.165, 1.54) is 14.0 Å². The lowest BCUT2D eigenvalue weighted by Crippen LogP contribution is -2.68. The first-order chi connectivity index (χ1) is 10.6. The molecule has 2 fully saturated rings. The van der Waals surface area contributed by atoms with E-state index in [1.807, 2.05) is 0 Å². The molecule has 0 aliphatic carbocycles. The van der Waals surface area contributed by atoms with Crippen molar-refractivity contribution in [1.29, 1.82) is 0 Å². The van der Waals surface area contributed by atoms with Gasteiger partial charge in [0, 0.05) is 7.11 Å². The zero-order valence-electron chi connectivity index (χ0n) is 14.2. The maximum absolute atomic E-state index is 10.7. The van der Waals surface area contributed by atoms with E-state index in [-0.39, 0.29) is 0 Å². The number of hydrogen-bond donors (Lipinski definition) is 4. The average Bonchev–Trinajstić information content (AvgIpc) is 2.47. The van der Waals surface area contributed by atoms with Gasteiger partial charge in [0.05, 0.1) is 24.4 Å². The molecule has 10 atom stereocenters. The molecule has 0 bridgehead atoms. The van der Waals surface area contributed by atoms with Crippen molar-refractivity contribution in [2.24, 2.45) is 5.73 Å². The quantitative estimate of drug-likeness (QED) is 0.504. The number of ether oxygens (including phenoxy) is 4. The summed E-state index contributed by atoms with van der Waals surface area (Å²) in [5.74, 6) is 0. The topological polar surface area (TPSA) is 124 Å². The Morgan fingerprint density at radius 3 is 2.22 bits per heavy atom. The number of hydrogen-bond acceptors (Lipinski definition) is 8. The SMILES string of the molecule is COC1C(N)[C@@H](OC2C(C)OC(C)[C@H](O)C2(C)O)OC(C)[C@@H]1O. The van der Waals surface area contributed by atoms with Crippen LogP contribution in [-0.2, 0) is 18.9 Å². The van der Waals surface area contributed by atoms with Gasteiger partial charge in [0.1, 0.15) is 30.0 Å². The van der Waals surface area contributed by atoms with Gasteiger partial charge in [-0.2, -0.15) is 0 Å². The van der Waals surface area contributed by atoms with Crippen LogP contribution >= 0.6 is 0 Å². The van der Waals surface area contributed by atoms with Crippen LogP contribution in [0.4, 0.5) is 0 Å². The predicted molar refractivity (Wildman–Crippen MR) is 80.6 cm³/mol. The van der Waals surface area contributed by atoms with Crippen LogP contribution in [0.3, 0.4) is 0 Å². The van der Waals surface area contributed by atoms with Crippen LogP contribution in [0, 0.1) is 0 Å². The Kier molecular flexibility index (Phi) is 5.70. The van der Waals surface area contributed by atoms with Crippen molar-refractivity contribution in [3.63, 3.8) is 0 Å². The van der Waals surface area contributed by atoms with Gasteiger partial charge in [0.25, 0.3) is 0 Å². The highest BCUT2D eigenvalue weighted by Crippen LogP contribution is 2.34. The molecular formula is C15H29NO7. The smallest absolute Gasteiger partial charge is 0.176 e. The number of methoxy groups -OCH3 is 1. The number of aliphatic hydroxyl groups excluding tert-OH is 2. The van der Waals surface area contributed by atoms with Gasteiger partial charge in [-0.1, -0.05) is 0 Å². The van der Waals surface area contributed by atoms with E-state index in [4.69, 9.17) is 24.7 Å². The largest absolute Gasteiger partial charge is 0.388 e. The molecular weight excluding hydrogens is 306 g/mol. The van der Waals surface area contributed by atoms with Crippen molar-refractivity contribution >= 4 is 0 Å². The fourth-order valence-corrected chi connectivity index (χ4v) is 3.45. The first-order valence-electron chi connectivity index (χ1n) is 7.94. The van der Waals surface area contributed by atoms with Gasteiger partial charge in [-0.05, 0) is 27.7 Å². The monoisotopic (exact) mass is 335 g/mol. The standard InChI is InChI=1S/C15H29NO7/c1-6-10(17)11(20-5)9(16)14(22-6)23-13-8(3)21-7(2)12(18)15(13,4)19/h6-14,17-19H,16H2,1-5H3/t6?,7?,8?,9?,10-,11?,12-,13?,14+,15?/m0/s1. The molecule has 7 unspecified atom stereocenters. The van der Waals surface area contributed by atoms with Crippen LogP contribution in [0.15, 0.2) is 0 Å². The molecule has 0 aromatic heterocycles. The van der Waals surface area contributed by atoms with Crippen LogP contribution in [0.2, 0.25) is 0 Å². The van der Waals surface area contributed by atoms with Gasteiger partial charge in [0.2, 0.25) is 0 Å². The van der Waals surface area contributed by atoms with Gasteiger partial charge in [-0.25, -0.2) is 0 Å². The van der Waals surface area contributed by atoms with E-state index in [0.717, 1.165) is 0 Å². The summed E-state index contributed by atoms with van der Waals surface area (Å²) in [5.41, 5.74) is 4.55. The van der Waals surface area contributed by atoms with Gasteiger partial charge >= 0.3 is 0 Å². The molecule has 0 amide bonds. The van der Waals surface area contributed by atoms with Gasteiger partial charge in [0.15, 0.2) is 6.29 Å². The van der Waals surface area contributed by atoms with Crippen molar-refractivity contribution in [2.75, 3.05) is 7.11 Å². The minimum Gasteiger partial charge on any atom is -0.388 e. The summed E-state index contributed by atoms with van der Waals surface area (Å²) in [6.07, 6.45) is -5.91. The molecule has 0 aromatic carbocycles. The number of nitrogens with two attached hydrogens (primary N) is 1. The maximum atomic E-state index is 10.7. The third-order valence-corrected chi connectivity index (χ3v) is 4.89. The van der Waals surface area contributed by atoms with E-state index in [2.05, 4.69) is 0 Å². The fourth-order valence-electron chi connectivity index (χ4n) is 3.45.